The van der Waals surface area contributed by atoms with Gasteiger partial charge in [-0.2, -0.15) is 0 Å². The molecule has 0 aliphatic heterocycles. The summed E-state index contributed by atoms with van der Waals surface area (Å²) in [6.07, 6.45) is 1.37. The lowest BCUT2D eigenvalue weighted by Crippen LogP contribution is -2.18. The number of methoxy groups -OCH3 is 1. The summed E-state index contributed by atoms with van der Waals surface area (Å²) in [6.45, 7) is 2.49. The SMILES string of the molecule is CCC(CN)CC(=O)Cc1cccc(OC)c1F. The first-order valence-corrected chi connectivity index (χ1v) is 6.15. The first kappa shape index (κ1) is 14.6. The number of carbonyl (C=O) groups is 1. The fourth-order valence-electron chi connectivity index (χ4n) is 1.85. The molecule has 100 valence electrons. The van der Waals surface area contributed by atoms with E-state index in [0.29, 0.717) is 18.5 Å². The van der Waals surface area contributed by atoms with Gasteiger partial charge in [-0.25, -0.2) is 4.39 Å². The van der Waals surface area contributed by atoms with Crippen molar-refractivity contribution in [3.05, 3.63) is 29.6 Å². The zero-order valence-corrected chi connectivity index (χ0v) is 10.9. The van der Waals surface area contributed by atoms with Gasteiger partial charge in [0.15, 0.2) is 11.6 Å². The van der Waals surface area contributed by atoms with E-state index in [4.69, 9.17) is 10.5 Å². The van der Waals surface area contributed by atoms with Crippen LogP contribution in [0.1, 0.15) is 25.3 Å². The van der Waals surface area contributed by atoms with Crippen LogP contribution in [0.25, 0.3) is 0 Å². The summed E-state index contributed by atoms with van der Waals surface area (Å²) in [6, 6.07) is 4.84. The van der Waals surface area contributed by atoms with Crippen LogP contribution in [-0.2, 0) is 11.2 Å². The lowest BCUT2D eigenvalue weighted by molar-refractivity contribution is -0.119. The molecule has 0 heterocycles. The fourth-order valence-corrected chi connectivity index (χ4v) is 1.85. The van der Waals surface area contributed by atoms with Gasteiger partial charge < -0.3 is 10.5 Å². The number of ether oxygens (including phenoxy) is 1. The van der Waals surface area contributed by atoms with E-state index in [9.17, 15) is 9.18 Å². The number of hydrogen-bond acceptors (Lipinski definition) is 3. The van der Waals surface area contributed by atoms with Gasteiger partial charge in [-0.3, -0.25) is 4.79 Å². The Bertz CT molecular complexity index is 403. The summed E-state index contributed by atoms with van der Waals surface area (Å²) in [7, 11) is 1.41. The highest BCUT2D eigenvalue weighted by molar-refractivity contribution is 5.81. The van der Waals surface area contributed by atoms with Gasteiger partial charge >= 0.3 is 0 Å². The minimum atomic E-state index is -0.450. The van der Waals surface area contributed by atoms with E-state index in [1.807, 2.05) is 6.92 Å². The van der Waals surface area contributed by atoms with Gasteiger partial charge in [0.2, 0.25) is 0 Å². The van der Waals surface area contributed by atoms with Crippen LogP contribution in [0.15, 0.2) is 18.2 Å². The molecule has 0 bridgehead atoms. The summed E-state index contributed by atoms with van der Waals surface area (Å²) < 4.78 is 18.7. The molecule has 0 spiro atoms. The first-order chi connectivity index (χ1) is 8.62. The summed E-state index contributed by atoms with van der Waals surface area (Å²) in [4.78, 5) is 11.8. The molecule has 0 fully saturated rings. The maximum Gasteiger partial charge on any atom is 0.168 e. The molecule has 2 N–H and O–H groups in total. The molecular weight excluding hydrogens is 233 g/mol. The highest BCUT2D eigenvalue weighted by atomic mass is 19.1. The van der Waals surface area contributed by atoms with Crippen molar-refractivity contribution in [2.24, 2.45) is 11.7 Å². The van der Waals surface area contributed by atoms with Gasteiger partial charge in [0.05, 0.1) is 7.11 Å². The van der Waals surface area contributed by atoms with Crippen molar-refractivity contribution in [2.45, 2.75) is 26.2 Å². The highest BCUT2D eigenvalue weighted by Gasteiger charge is 2.15. The number of halogens is 1. The molecule has 1 atom stereocenters. The predicted molar refractivity (Wildman–Crippen MR) is 69.1 cm³/mol. The molecule has 0 aliphatic carbocycles. The van der Waals surface area contributed by atoms with E-state index in [1.165, 1.54) is 13.2 Å². The normalized spacial score (nSPS) is 12.2. The molecular formula is C14H20FNO2. The minimum Gasteiger partial charge on any atom is -0.494 e. The van der Waals surface area contributed by atoms with Gasteiger partial charge in [0, 0.05) is 12.8 Å². The van der Waals surface area contributed by atoms with Crippen LogP contribution in [0, 0.1) is 11.7 Å². The van der Waals surface area contributed by atoms with Crippen molar-refractivity contribution in [1.29, 1.82) is 0 Å². The van der Waals surface area contributed by atoms with Gasteiger partial charge in [0.25, 0.3) is 0 Å². The van der Waals surface area contributed by atoms with Crippen molar-refractivity contribution >= 4 is 5.78 Å². The quantitative estimate of drug-likeness (QED) is 0.811. The zero-order chi connectivity index (χ0) is 13.5. The van der Waals surface area contributed by atoms with Crippen LogP contribution in [0.3, 0.4) is 0 Å². The van der Waals surface area contributed by atoms with Crippen LogP contribution >= 0.6 is 0 Å². The molecule has 0 saturated heterocycles. The summed E-state index contributed by atoms with van der Waals surface area (Å²) in [5.41, 5.74) is 5.93. The second-order valence-corrected chi connectivity index (χ2v) is 4.36. The third kappa shape index (κ3) is 3.81. The van der Waals surface area contributed by atoms with Gasteiger partial charge in [-0.05, 0) is 24.1 Å². The molecule has 0 aliphatic rings. The Morgan fingerprint density at radius 2 is 2.22 bits per heavy atom. The van der Waals surface area contributed by atoms with Crippen LogP contribution in [-0.4, -0.2) is 19.4 Å². The molecule has 3 nitrogen and oxygen atoms in total. The van der Waals surface area contributed by atoms with Crippen LogP contribution in [0.2, 0.25) is 0 Å². The van der Waals surface area contributed by atoms with E-state index in [2.05, 4.69) is 0 Å². The molecule has 0 saturated carbocycles. The predicted octanol–water partition coefficient (Wildman–Crippen LogP) is 2.32. The zero-order valence-electron chi connectivity index (χ0n) is 10.9. The summed E-state index contributed by atoms with van der Waals surface area (Å²) in [5, 5.41) is 0. The molecule has 0 amide bonds. The second-order valence-electron chi connectivity index (χ2n) is 4.36. The molecule has 1 rings (SSSR count). The van der Waals surface area contributed by atoms with E-state index >= 15 is 0 Å². The van der Waals surface area contributed by atoms with Crippen LogP contribution in [0.5, 0.6) is 5.75 Å². The van der Waals surface area contributed by atoms with Crippen molar-refractivity contribution in [3.63, 3.8) is 0 Å². The Balaban J connectivity index is 2.70. The summed E-state index contributed by atoms with van der Waals surface area (Å²) >= 11 is 0. The van der Waals surface area contributed by atoms with Crippen molar-refractivity contribution in [3.8, 4) is 5.75 Å². The average molecular weight is 253 g/mol. The molecule has 0 aromatic heterocycles. The molecule has 18 heavy (non-hydrogen) atoms. The van der Waals surface area contributed by atoms with Gasteiger partial charge in [-0.1, -0.05) is 25.5 Å². The first-order valence-electron chi connectivity index (χ1n) is 6.15. The van der Waals surface area contributed by atoms with E-state index in [-0.39, 0.29) is 23.9 Å². The number of carbonyl (C=O) groups excluding carboxylic acids is 1. The fraction of sp³-hybridized carbons (Fsp3) is 0.500. The largest absolute Gasteiger partial charge is 0.494 e. The number of hydrogen-bond donors (Lipinski definition) is 1. The average Bonchev–Trinajstić information content (AvgIpc) is 2.38. The van der Waals surface area contributed by atoms with Gasteiger partial charge in [-0.15, -0.1) is 0 Å². The van der Waals surface area contributed by atoms with E-state index in [1.54, 1.807) is 12.1 Å². The van der Waals surface area contributed by atoms with Crippen molar-refractivity contribution in [2.75, 3.05) is 13.7 Å². The van der Waals surface area contributed by atoms with Crippen LogP contribution < -0.4 is 10.5 Å². The number of benzene rings is 1. The smallest absolute Gasteiger partial charge is 0.168 e. The Kier molecular flexibility index (Phi) is 5.78. The highest BCUT2D eigenvalue weighted by Crippen LogP contribution is 2.21. The van der Waals surface area contributed by atoms with Crippen LogP contribution in [0.4, 0.5) is 4.39 Å². The number of nitrogens with two attached hydrogens (primary N) is 1. The molecule has 1 aromatic rings. The monoisotopic (exact) mass is 253 g/mol. The maximum atomic E-state index is 13.8. The van der Waals surface area contributed by atoms with E-state index < -0.39 is 5.82 Å². The minimum absolute atomic E-state index is 0.0134. The Morgan fingerprint density at radius 3 is 2.78 bits per heavy atom. The summed E-state index contributed by atoms with van der Waals surface area (Å²) in [5.74, 6) is -0.0778. The second kappa shape index (κ2) is 7.11. The molecule has 1 unspecified atom stereocenters. The molecule has 1 aromatic carbocycles. The number of Topliss-reactive ketones (excluding diaryl/α,β-unsaturated/α-hetero) is 1. The molecule has 0 radical (unpaired) electrons. The third-order valence-corrected chi connectivity index (χ3v) is 3.08. The topological polar surface area (TPSA) is 52.3 Å². The Labute approximate surface area is 107 Å². The maximum absolute atomic E-state index is 13.8. The van der Waals surface area contributed by atoms with Crippen molar-refractivity contribution in [1.82, 2.24) is 0 Å². The lowest BCUT2D eigenvalue weighted by atomic mass is 9.96. The Morgan fingerprint density at radius 1 is 1.50 bits per heavy atom. The van der Waals surface area contributed by atoms with Crippen molar-refractivity contribution < 1.29 is 13.9 Å². The lowest BCUT2D eigenvalue weighted by Gasteiger charge is -2.11. The van der Waals surface area contributed by atoms with Gasteiger partial charge in [0.1, 0.15) is 5.78 Å². The number of rotatable bonds is 7. The Hall–Kier alpha value is -1.42. The number of ketones is 1. The third-order valence-electron chi connectivity index (χ3n) is 3.08. The van der Waals surface area contributed by atoms with E-state index in [0.717, 1.165) is 6.42 Å². The standard InChI is InChI=1S/C14H20FNO2/c1-3-10(9-16)7-12(17)8-11-5-4-6-13(18-2)14(11)15/h4-6,10H,3,7-9,16H2,1-2H3. The molecule has 4 heteroatoms.